The van der Waals surface area contributed by atoms with E-state index in [1.54, 1.807) is 25.6 Å². The second-order valence-electron chi connectivity index (χ2n) is 5.32. The fourth-order valence-electron chi connectivity index (χ4n) is 2.32. The Hall–Kier alpha value is -2.37. The van der Waals surface area contributed by atoms with Crippen molar-refractivity contribution in [3.63, 3.8) is 0 Å². The standard InChI is InChI=1S/C19H19NO3S/c1-13-4-8-18-15(10-13)20-19(24-18)9-6-14-5-7-16(23-12-21-2)17(11-14)22-3/h4-11H,12H2,1-3H3. The van der Waals surface area contributed by atoms with Crippen LogP contribution < -0.4 is 9.47 Å². The molecule has 124 valence electrons. The van der Waals surface area contributed by atoms with Gasteiger partial charge in [-0.1, -0.05) is 18.2 Å². The molecule has 0 atom stereocenters. The van der Waals surface area contributed by atoms with Crippen LogP contribution in [0.5, 0.6) is 11.5 Å². The molecule has 0 amide bonds. The molecule has 24 heavy (non-hydrogen) atoms. The lowest BCUT2D eigenvalue weighted by Gasteiger charge is -2.10. The SMILES string of the molecule is COCOc1ccc(C=Cc2nc3cc(C)ccc3s2)cc1OC. The summed E-state index contributed by atoms with van der Waals surface area (Å²) in [7, 11) is 3.21. The number of fused-ring (bicyclic) bond motifs is 1. The highest BCUT2D eigenvalue weighted by atomic mass is 32.1. The van der Waals surface area contributed by atoms with Gasteiger partial charge in [0, 0.05) is 7.11 Å². The molecule has 0 spiro atoms. The molecule has 0 saturated heterocycles. The van der Waals surface area contributed by atoms with Crippen LogP contribution in [0.3, 0.4) is 0 Å². The molecule has 0 aliphatic heterocycles. The van der Waals surface area contributed by atoms with Gasteiger partial charge in [0.25, 0.3) is 0 Å². The summed E-state index contributed by atoms with van der Waals surface area (Å²) in [5.41, 5.74) is 3.28. The van der Waals surface area contributed by atoms with Crippen molar-refractivity contribution in [1.29, 1.82) is 0 Å². The first-order valence-corrected chi connectivity index (χ1v) is 8.36. The largest absolute Gasteiger partial charge is 0.493 e. The minimum Gasteiger partial charge on any atom is -0.493 e. The highest BCUT2D eigenvalue weighted by Gasteiger charge is 2.05. The van der Waals surface area contributed by atoms with Gasteiger partial charge in [0.2, 0.25) is 0 Å². The maximum atomic E-state index is 5.46. The summed E-state index contributed by atoms with van der Waals surface area (Å²) in [6, 6.07) is 12.1. The fourth-order valence-corrected chi connectivity index (χ4v) is 3.17. The molecule has 4 nitrogen and oxygen atoms in total. The summed E-state index contributed by atoms with van der Waals surface area (Å²) in [6.45, 7) is 2.27. The summed E-state index contributed by atoms with van der Waals surface area (Å²) in [4.78, 5) is 4.65. The van der Waals surface area contributed by atoms with Crippen molar-refractivity contribution in [2.24, 2.45) is 0 Å². The van der Waals surface area contributed by atoms with Crippen molar-refractivity contribution in [1.82, 2.24) is 4.98 Å². The normalized spacial score (nSPS) is 11.3. The van der Waals surface area contributed by atoms with E-state index in [9.17, 15) is 0 Å². The first kappa shape index (κ1) is 16.5. The molecule has 3 aromatic rings. The third-order valence-corrected chi connectivity index (χ3v) is 4.50. The summed E-state index contributed by atoms with van der Waals surface area (Å²) in [6.07, 6.45) is 4.04. The van der Waals surface area contributed by atoms with E-state index in [1.165, 1.54) is 10.3 Å². The topological polar surface area (TPSA) is 40.6 Å². The quantitative estimate of drug-likeness (QED) is 0.606. The number of nitrogens with zero attached hydrogens (tertiary/aromatic N) is 1. The summed E-state index contributed by atoms with van der Waals surface area (Å²) >= 11 is 1.68. The van der Waals surface area contributed by atoms with Crippen molar-refractivity contribution in [2.45, 2.75) is 6.92 Å². The number of benzene rings is 2. The van der Waals surface area contributed by atoms with Crippen molar-refractivity contribution in [3.05, 3.63) is 52.5 Å². The van der Waals surface area contributed by atoms with E-state index in [1.807, 2.05) is 30.4 Å². The Labute approximate surface area is 145 Å². The van der Waals surface area contributed by atoms with Crippen molar-refractivity contribution >= 4 is 33.7 Å². The van der Waals surface area contributed by atoms with E-state index in [4.69, 9.17) is 14.2 Å². The molecule has 0 bridgehead atoms. The van der Waals surface area contributed by atoms with E-state index in [-0.39, 0.29) is 6.79 Å². The fraction of sp³-hybridized carbons (Fsp3) is 0.211. The molecule has 1 aromatic heterocycles. The Morgan fingerprint density at radius 1 is 1.04 bits per heavy atom. The molecule has 0 aliphatic rings. The third kappa shape index (κ3) is 3.75. The summed E-state index contributed by atoms with van der Waals surface area (Å²) < 4.78 is 16.9. The highest BCUT2D eigenvalue weighted by molar-refractivity contribution is 7.19. The van der Waals surface area contributed by atoms with Gasteiger partial charge in [-0.2, -0.15) is 0 Å². The third-order valence-electron chi connectivity index (χ3n) is 3.50. The van der Waals surface area contributed by atoms with Gasteiger partial charge in [0.05, 0.1) is 17.3 Å². The number of methoxy groups -OCH3 is 2. The van der Waals surface area contributed by atoms with E-state index < -0.39 is 0 Å². The van der Waals surface area contributed by atoms with Crippen LogP contribution in [0.25, 0.3) is 22.4 Å². The molecule has 5 heteroatoms. The predicted molar refractivity (Wildman–Crippen MR) is 98.8 cm³/mol. The Balaban J connectivity index is 1.82. The van der Waals surface area contributed by atoms with Crippen LogP contribution in [0.2, 0.25) is 0 Å². The Bertz CT molecular complexity index is 870. The van der Waals surface area contributed by atoms with Gasteiger partial charge in [-0.25, -0.2) is 4.98 Å². The Morgan fingerprint density at radius 3 is 2.71 bits per heavy atom. The van der Waals surface area contributed by atoms with Gasteiger partial charge in [-0.3, -0.25) is 0 Å². The second-order valence-corrected chi connectivity index (χ2v) is 6.38. The molecule has 0 saturated carbocycles. The van der Waals surface area contributed by atoms with Crippen LogP contribution in [0.1, 0.15) is 16.1 Å². The molecule has 3 rings (SSSR count). The van der Waals surface area contributed by atoms with Crippen molar-refractivity contribution in [2.75, 3.05) is 21.0 Å². The van der Waals surface area contributed by atoms with Gasteiger partial charge < -0.3 is 14.2 Å². The Morgan fingerprint density at radius 2 is 1.92 bits per heavy atom. The van der Waals surface area contributed by atoms with Crippen molar-refractivity contribution < 1.29 is 14.2 Å². The number of hydrogen-bond acceptors (Lipinski definition) is 5. The lowest BCUT2D eigenvalue weighted by molar-refractivity contribution is 0.0491. The van der Waals surface area contributed by atoms with E-state index >= 15 is 0 Å². The van der Waals surface area contributed by atoms with E-state index in [0.29, 0.717) is 11.5 Å². The van der Waals surface area contributed by atoms with Crippen LogP contribution in [-0.2, 0) is 4.74 Å². The molecule has 1 heterocycles. The zero-order chi connectivity index (χ0) is 16.9. The van der Waals surface area contributed by atoms with Gasteiger partial charge >= 0.3 is 0 Å². The zero-order valence-corrected chi connectivity index (χ0v) is 14.7. The number of thiazole rings is 1. The number of aryl methyl sites for hydroxylation is 1. The van der Waals surface area contributed by atoms with Gasteiger partial charge in [-0.05, 0) is 48.4 Å². The maximum absolute atomic E-state index is 5.46. The number of ether oxygens (including phenoxy) is 3. The average Bonchev–Trinajstić information content (AvgIpc) is 3.00. The maximum Gasteiger partial charge on any atom is 0.188 e. The molecular formula is C19H19NO3S. The highest BCUT2D eigenvalue weighted by Crippen LogP contribution is 2.29. The molecular weight excluding hydrogens is 322 g/mol. The van der Waals surface area contributed by atoms with Crippen LogP contribution in [0, 0.1) is 6.92 Å². The summed E-state index contributed by atoms with van der Waals surface area (Å²) in [5.74, 6) is 1.33. The molecule has 0 aliphatic carbocycles. The minimum absolute atomic E-state index is 0.191. The lowest BCUT2D eigenvalue weighted by Crippen LogP contribution is -2.00. The molecule has 2 aromatic carbocycles. The lowest BCUT2D eigenvalue weighted by atomic mass is 10.2. The van der Waals surface area contributed by atoms with Gasteiger partial charge in [0.15, 0.2) is 18.3 Å². The monoisotopic (exact) mass is 341 g/mol. The molecule has 0 unspecified atom stereocenters. The first-order valence-electron chi connectivity index (χ1n) is 7.54. The number of hydrogen-bond donors (Lipinski definition) is 0. The first-order chi connectivity index (χ1) is 11.7. The van der Waals surface area contributed by atoms with Crippen LogP contribution in [0.4, 0.5) is 0 Å². The molecule has 0 N–H and O–H groups in total. The second kappa shape index (κ2) is 7.47. The summed E-state index contributed by atoms with van der Waals surface area (Å²) in [5, 5.41) is 0.981. The number of rotatable bonds is 6. The van der Waals surface area contributed by atoms with Crippen molar-refractivity contribution in [3.8, 4) is 11.5 Å². The number of aromatic nitrogens is 1. The molecule has 0 fully saturated rings. The predicted octanol–water partition coefficient (Wildman–Crippen LogP) is 4.77. The average molecular weight is 341 g/mol. The van der Waals surface area contributed by atoms with Gasteiger partial charge in [-0.15, -0.1) is 11.3 Å². The molecule has 0 radical (unpaired) electrons. The zero-order valence-electron chi connectivity index (χ0n) is 13.9. The van der Waals surface area contributed by atoms with Gasteiger partial charge in [0.1, 0.15) is 5.01 Å². The Kier molecular flexibility index (Phi) is 5.13. The van der Waals surface area contributed by atoms with Crippen LogP contribution in [0.15, 0.2) is 36.4 Å². The smallest absolute Gasteiger partial charge is 0.188 e. The van der Waals surface area contributed by atoms with E-state index in [2.05, 4.69) is 30.1 Å². The minimum atomic E-state index is 0.191. The van der Waals surface area contributed by atoms with Crippen LogP contribution >= 0.6 is 11.3 Å². The van der Waals surface area contributed by atoms with Crippen LogP contribution in [-0.4, -0.2) is 26.0 Å². The van der Waals surface area contributed by atoms with E-state index in [0.717, 1.165) is 16.1 Å².